The van der Waals surface area contributed by atoms with E-state index in [1.54, 1.807) is 12.1 Å². The monoisotopic (exact) mass is 366 g/mol. The molecule has 1 aliphatic carbocycles. The van der Waals surface area contributed by atoms with Gasteiger partial charge in [0.1, 0.15) is 11.6 Å². The van der Waals surface area contributed by atoms with Gasteiger partial charge >= 0.3 is 6.03 Å². The number of rotatable bonds is 5. The summed E-state index contributed by atoms with van der Waals surface area (Å²) in [6.45, 7) is 0.595. The summed E-state index contributed by atoms with van der Waals surface area (Å²) in [4.78, 5) is 22.7. The molecule has 0 unspecified atom stereocenters. The van der Waals surface area contributed by atoms with Crippen LogP contribution in [-0.4, -0.2) is 33.5 Å². The number of nitrogens with zero attached hydrogens (tertiary/aromatic N) is 2. The maximum absolute atomic E-state index is 13.1. The minimum absolute atomic E-state index is 0.135. The Labute approximate surface area is 157 Å². The average molecular weight is 366 g/mol. The first-order chi connectivity index (χ1) is 13.2. The lowest BCUT2D eigenvalue weighted by Gasteiger charge is -2.29. The average Bonchev–Trinajstić information content (AvgIpc) is 3.33. The molecule has 0 spiro atoms. The van der Waals surface area contributed by atoms with Gasteiger partial charge in [-0.25, -0.2) is 14.2 Å². The number of aromatic nitrogens is 2. The van der Waals surface area contributed by atoms with Crippen molar-refractivity contribution in [3.8, 4) is 0 Å². The van der Waals surface area contributed by atoms with E-state index in [9.17, 15) is 9.18 Å². The van der Waals surface area contributed by atoms with Crippen molar-refractivity contribution in [1.82, 2.24) is 14.9 Å². The quantitative estimate of drug-likeness (QED) is 0.686. The van der Waals surface area contributed by atoms with Crippen LogP contribution in [-0.2, 0) is 6.42 Å². The zero-order valence-electron chi connectivity index (χ0n) is 15.1. The fraction of sp³-hybridized carbons (Fsp3) is 0.333. The Hall–Kier alpha value is -2.89. The molecule has 1 aliphatic rings. The largest absolute Gasteiger partial charge is 0.342 e. The van der Waals surface area contributed by atoms with Crippen LogP contribution in [0, 0.1) is 5.82 Å². The third-order valence-corrected chi connectivity index (χ3v) is 5.15. The smallest absolute Gasteiger partial charge is 0.322 e. The Bertz CT molecular complexity index is 882. The van der Waals surface area contributed by atoms with Crippen molar-refractivity contribution in [2.45, 2.75) is 38.1 Å². The number of nitrogens with one attached hydrogen (secondary N) is 2. The number of benzene rings is 2. The lowest BCUT2D eigenvalue weighted by molar-refractivity contribution is 0.189. The molecule has 2 amide bonds. The van der Waals surface area contributed by atoms with E-state index in [1.165, 1.54) is 12.1 Å². The van der Waals surface area contributed by atoms with Crippen LogP contribution in [0.3, 0.4) is 0 Å². The van der Waals surface area contributed by atoms with E-state index in [0.717, 1.165) is 42.5 Å². The van der Waals surface area contributed by atoms with Crippen molar-refractivity contribution in [3.63, 3.8) is 0 Å². The second kappa shape index (κ2) is 7.78. The zero-order chi connectivity index (χ0) is 18.6. The van der Waals surface area contributed by atoms with Crippen LogP contribution in [0.2, 0.25) is 0 Å². The highest BCUT2D eigenvalue weighted by molar-refractivity contribution is 5.89. The van der Waals surface area contributed by atoms with Crippen molar-refractivity contribution in [2.24, 2.45) is 0 Å². The number of amides is 2. The molecule has 0 radical (unpaired) electrons. The first-order valence-electron chi connectivity index (χ1n) is 9.46. The van der Waals surface area contributed by atoms with Gasteiger partial charge in [-0.1, -0.05) is 25.0 Å². The summed E-state index contributed by atoms with van der Waals surface area (Å²) in [6.07, 6.45) is 5.02. The number of hydrogen-bond donors (Lipinski definition) is 2. The second-order valence-corrected chi connectivity index (χ2v) is 7.02. The predicted octanol–water partition coefficient (Wildman–Crippen LogP) is 4.72. The maximum Gasteiger partial charge on any atom is 0.322 e. The van der Waals surface area contributed by atoms with E-state index in [4.69, 9.17) is 0 Å². The molecule has 1 saturated carbocycles. The van der Waals surface area contributed by atoms with E-state index in [2.05, 4.69) is 15.3 Å². The predicted molar refractivity (Wildman–Crippen MR) is 104 cm³/mol. The molecule has 3 aromatic rings. The third kappa shape index (κ3) is 4.10. The molecule has 0 atom stereocenters. The lowest BCUT2D eigenvalue weighted by Crippen LogP contribution is -2.43. The molecule has 0 saturated heterocycles. The zero-order valence-corrected chi connectivity index (χ0v) is 15.1. The van der Waals surface area contributed by atoms with E-state index >= 15 is 0 Å². The number of carbonyl (C=O) groups excluding carboxylic acids is 1. The Morgan fingerprint density at radius 2 is 1.89 bits per heavy atom. The molecule has 2 N–H and O–H groups in total. The van der Waals surface area contributed by atoms with Crippen molar-refractivity contribution in [1.29, 1.82) is 0 Å². The van der Waals surface area contributed by atoms with Gasteiger partial charge in [0.2, 0.25) is 0 Å². The van der Waals surface area contributed by atoms with Crippen molar-refractivity contribution >= 4 is 22.8 Å². The molecule has 0 bridgehead atoms. The summed E-state index contributed by atoms with van der Waals surface area (Å²) in [5.74, 6) is 0.569. The number of anilines is 1. The van der Waals surface area contributed by atoms with Crippen LogP contribution < -0.4 is 5.32 Å². The van der Waals surface area contributed by atoms with Crippen LogP contribution in [0.5, 0.6) is 0 Å². The van der Waals surface area contributed by atoms with Gasteiger partial charge in [-0.2, -0.15) is 0 Å². The van der Waals surface area contributed by atoms with Gasteiger partial charge in [0.15, 0.2) is 0 Å². The summed E-state index contributed by atoms with van der Waals surface area (Å²) in [5, 5.41) is 2.90. The van der Waals surface area contributed by atoms with Gasteiger partial charge in [0.25, 0.3) is 0 Å². The Kier molecular flexibility index (Phi) is 5.05. The summed E-state index contributed by atoms with van der Waals surface area (Å²) >= 11 is 0. The number of para-hydroxylation sites is 2. The second-order valence-electron chi connectivity index (χ2n) is 7.02. The van der Waals surface area contributed by atoms with Crippen LogP contribution in [0.4, 0.5) is 14.9 Å². The van der Waals surface area contributed by atoms with Crippen molar-refractivity contribution < 1.29 is 9.18 Å². The van der Waals surface area contributed by atoms with Crippen LogP contribution in [0.15, 0.2) is 48.5 Å². The number of H-pyrrole nitrogens is 1. The topological polar surface area (TPSA) is 61.0 Å². The molecule has 1 aromatic heterocycles. The van der Waals surface area contributed by atoms with E-state index in [-0.39, 0.29) is 17.9 Å². The van der Waals surface area contributed by atoms with Gasteiger partial charge in [0.05, 0.1) is 11.0 Å². The highest BCUT2D eigenvalue weighted by atomic mass is 19.1. The van der Waals surface area contributed by atoms with Crippen molar-refractivity contribution in [3.05, 3.63) is 60.2 Å². The molecule has 4 rings (SSSR count). The number of hydrogen-bond acceptors (Lipinski definition) is 2. The highest BCUT2D eigenvalue weighted by Crippen LogP contribution is 2.25. The fourth-order valence-electron chi connectivity index (χ4n) is 3.74. The van der Waals surface area contributed by atoms with Gasteiger partial charge in [0, 0.05) is 24.7 Å². The highest BCUT2D eigenvalue weighted by Gasteiger charge is 2.26. The molecule has 5 nitrogen and oxygen atoms in total. The number of fused-ring (bicyclic) bond motifs is 1. The molecule has 2 aromatic carbocycles. The Morgan fingerprint density at radius 1 is 1.15 bits per heavy atom. The molecule has 1 heterocycles. The van der Waals surface area contributed by atoms with Crippen LogP contribution in [0.1, 0.15) is 31.5 Å². The van der Waals surface area contributed by atoms with Gasteiger partial charge in [-0.15, -0.1) is 0 Å². The number of urea groups is 1. The van der Waals surface area contributed by atoms with Crippen LogP contribution in [0.25, 0.3) is 11.0 Å². The van der Waals surface area contributed by atoms with Gasteiger partial charge in [-0.05, 0) is 49.2 Å². The summed E-state index contributed by atoms with van der Waals surface area (Å²) < 4.78 is 13.1. The molecule has 140 valence electrons. The molecule has 6 heteroatoms. The van der Waals surface area contributed by atoms with E-state index in [0.29, 0.717) is 18.7 Å². The number of carbonyl (C=O) groups is 1. The van der Waals surface area contributed by atoms with E-state index < -0.39 is 0 Å². The summed E-state index contributed by atoms with van der Waals surface area (Å²) in [6, 6.07) is 13.9. The maximum atomic E-state index is 13.1. The van der Waals surface area contributed by atoms with Gasteiger partial charge < -0.3 is 15.2 Å². The molecular formula is C21H23FN4O. The minimum Gasteiger partial charge on any atom is -0.342 e. The molecule has 27 heavy (non-hydrogen) atoms. The SMILES string of the molecule is O=C(Nc1ccc(F)cc1)N(CCc1nc2ccccc2[nH]1)C1CCCC1. The molecular weight excluding hydrogens is 343 g/mol. The van der Waals surface area contributed by atoms with Gasteiger partial charge in [-0.3, -0.25) is 0 Å². The standard InChI is InChI=1S/C21H23FN4O/c22-15-9-11-16(12-10-15)23-21(27)26(17-5-1-2-6-17)14-13-20-24-18-7-3-4-8-19(18)25-20/h3-4,7-12,17H,1-2,5-6,13-14H2,(H,23,27)(H,24,25). The lowest BCUT2D eigenvalue weighted by atomic mass is 10.2. The molecule has 0 aliphatic heterocycles. The van der Waals surface area contributed by atoms with Crippen LogP contribution >= 0.6 is 0 Å². The first kappa shape index (κ1) is 17.5. The first-order valence-corrected chi connectivity index (χ1v) is 9.46. The number of aromatic amines is 1. The third-order valence-electron chi connectivity index (χ3n) is 5.15. The van der Waals surface area contributed by atoms with E-state index in [1.807, 2.05) is 29.2 Å². The Balaban J connectivity index is 1.46. The Morgan fingerprint density at radius 3 is 2.63 bits per heavy atom. The number of halogens is 1. The summed E-state index contributed by atoms with van der Waals surface area (Å²) in [5.41, 5.74) is 2.56. The summed E-state index contributed by atoms with van der Waals surface area (Å²) in [7, 11) is 0. The fourth-order valence-corrected chi connectivity index (χ4v) is 3.74. The number of imidazole rings is 1. The normalized spacial score (nSPS) is 14.6. The molecule has 1 fully saturated rings. The van der Waals surface area contributed by atoms with Crippen molar-refractivity contribution in [2.75, 3.05) is 11.9 Å². The minimum atomic E-state index is -0.314.